The van der Waals surface area contributed by atoms with Crippen LogP contribution in [-0.2, 0) is 4.79 Å². The molecule has 0 N–H and O–H groups in total. The van der Waals surface area contributed by atoms with Crippen LogP contribution in [0.25, 0.3) is 0 Å². The lowest BCUT2D eigenvalue weighted by molar-refractivity contribution is -0.104. The van der Waals surface area contributed by atoms with Crippen molar-refractivity contribution in [1.29, 1.82) is 0 Å². The highest BCUT2D eigenvalue weighted by molar-refractivity contribution is 5.71. The smallest absolute Gasteiger partial charge is 0.145 e. The zero-order valence-electron chi connectivity index (χ0n) is 10.6. The van der Waals surface area contributed by atoms with E-state index in [1.54, 1.807) is 0 Å². The standard InChI is InChI=1S/C15H22O/c1-12-7-9-15(10-8-12)14(3)6-4-5-13(2)11-16/h5,7,9-12,14H,4,6,8H2,1-3H3/b13-5+. The quantitative estimate of drug-likeness (QED) is 0.502. The van der Waals surface area contributed by atoms with Crippen LogP contribution in [0.5, 0.6) is 0 Å². The molecule has 0 saturated carbocycles. The molecule has 0 aromatic heterocycles. The topological polar surface area (TPSA) is 17.1 Å². The normalized spacial score (nSPS) is 22.8. The highest BCUT2D eigenvalue weighted by Crippen LogP contribution is 2.24. The molecule has 1 aliphatic carbocycles. The van der Waals surface area contributed by atoms with Gasteiger partial charge in [-0.2, -0.15) is 0 Å². The number of hydrogen-bond donors (Lipinski definition) is 0. The van der Waals surface area contributed by atoms with Crippen molar-refractivity contribution in [2.45, 2.75) is 40.0 Å². The molecule has 0 spiro atoms. The highest BCUT2D eigenvalue weighted by Gasteiger charge is 2.09. The van der Waals surface area contributed by atoms with Gasteiger partial charge in [0, 0.05) is 0 Å². The minimum atomic E-state index is 0.597. The summed E-state index contributed by atoms with van der Waals surface area (Å²) in [4.78, 5) is 10.4. The molecule has 16 heavy (non-hydrogen) atoms. The van der Waals surface area contributed by atoms with E-state index in [4.69, 9.17) is 0 Å². The molecule has 0 fully saturated rings. The molecular formula is C15H22O. The van der Waals surface area contributed by atoms with Crippen LogP contribution in [0.15, 0.2) is 35.5 Å². The van der Waals surface area contributed by atoms with E-state index in [9.17, 15) is 4.79 Å². The molecule has 0 heterocycles. The lowest BCUT2D eigenvalue weighted by Crippen LogP contribution is -2.02. The maximum Gasteiger partial charge on any atom is 0.145 e. The first-order valence-electron chi connectivity index (χ1n) is 6.13. The monoisotopic (exact) mass is 218 g/mol. The van der Waals surface area contributed by atoms with E-state index in [2.05, 4.69) is 32.1 Å². The molecule has 88 valence electrons. The van der Waals surface area contributed by atoms with E-state index >= 15 is 0 Å². The van der Waals surface area contributed by atoms with Crippen LogP contribution < -0.4 is 0 Å². The Balaban J connectivity index is 2.39. The third-order valence-electron chi connectivity index (χ3n) is 3.16. The van der Waals surface area contributed by atoms with Crippen molar-refractivity contribution in [3.05, 3.63) is 35.5 Å². The second kappa shape index (κ2) is 6.47. The average Bonchev–Trinajstić information content (AvgIpc) is 2.29. The highest BCUT2D eigenvalue weighted by atomic mass is 16.1. The third kappa shape index (κ3) is 4.18. The van der Waals surface area contributed by atoms with Crippen molar-refractivity contribution in [1.82, 2.24) is 0 Å². The Bertz CT molecular complexity index is 320. The minimum Gasteiger partial charge on any atom is -0.298 e. The first-order valence-corrected chi connectivity index (χ1v) is 6.13. The summed E-state index contributed by atoms with van der Waals surface area (Å²) in [5, 5.41) is 0. The van der Waals surface area contributed by atoms with Gasteiger partial charge < -0.3 is 0 Å². The Labute approximate surface area is 98.9 Å². The summed E-state index contributed by atoms with van der Waals surface area (Å²) < 4.78 is 0. The molecule has 2 unspecified atom stereocenters. The van der Waals surface area contributed by atoms with Gasteiger partial charge in [0.1, 0.15) is 6.29 Å². The maximum absolute atomic E-state index is 10.4. The van der Waals surface area contributed by atoms with Crippen LogP contribution in [0.4, 0.5) is 0 Å². The summed E-state index contributed by atoms with van der Waals surface area (Å²) in [7, 11) is 0. The minimum absolute atomic E-state index is 0.597. The van der Waals surface area contributed by atoms with E-state index in [0.29, 0.717) is 11.8 Å². The zero-order chi connectivity index (χ0) is 12.0. The van der Waals surface area contributed by atoms with Gasteiger partial charge in [-0.3, -0.25) is 4.79 Å². The van der Waals surface area contributed by atoms with E-state index in [1.165, 1.54) is 12.0 Å². The van der Waals surface area contributed by atoms with Crippen molar-refractivity contribution < 1.29 is 4.79 Å². The Morgan fingerprint density at radius 2 is 2.38 bits per heavy atom. The summed E-state index contributed by atoms with van der Waals surface area (Å²) in [6.07, 6.45) is 13.1. The fourth-order valence-corrected chi connectivity index (χ4v) is 1.89. The van der Waals surface area contributed by atoms with Gasteiger partial charge in [0.05, 0.1) is 0 Å². The largest absolute Gasteiger partial charge is 0.298 e. The lowest BCUT2D eigenvalue weighted by Gasteiger charge is -2.17. The fraction of sp³-hybridized carbons (Fsp3) is 0.533. The van der Waals surface area contributed by atoms with Gasteiger partial charge in [0.15, 0.2) is 0 Å². The van der Waals surface area contributed by atoms with Gasteiger partial charge in [-0.25, -0.2) is 0 Å². The van der Waals surface area contributed by atoms with Crippen LogP contribution in [-0.4, -0.2) is 6.29 Å². The molecule has 0 aliphatic heterocycles. The SMILES string of the molecule is C/C(C=O)=C\CCC(C)C1=CCC(C)C=C1. The first kappa shape index (κ1) is 13.0. The van der Waals surface area contributed by atoms with Gasteiger partial charge in [0.2, 0.25) is 0 Å². The van der Waals surface area contributed by atoms with Crippen LogP contribution in [0.1, 0.15) is 40.0 Å². The van der Waals surface area contributed by atoms with Gasteiger partial charge >= 0.3 is 0 Å². The molecule has 0 saturated heterocycles. The number of carbonyl (C=O) groups excluding carboxylic acids is 1. The summed E-state index contributed by atoms with van der Waals surface area (Å²) in [6, 6.07) is 0. The molecule has 1 heteroatoms. The van der Waals surface area contributed by atoms with Crippen LogP contribution in [0, 0.1) is 11.8 Å². The molecule has 1 rings (SSSR count). The van der Waals surface area contributed by atoms with Gasteiger partial charge in [-0.1, -0.05) is 38.2 Å². The fourth-order valence-electron chi connectivity index (χ4n) is 1.89. The van der Waals surface area contributed by atoms with Crippen LogP contribution in [0.3, 0.4) is 0 Å². The number of allylic oxidation sites excluding steroid dienone is 6. The average molecular weight is 218 g/mol. The van der Waals surface area contributed by atoms with E-state index in [1.807, 2.05) is 13.0 Å². The van der Waals surface area contributed by atoms with Crippen molar-refractivity contribution in [3.8, 4) is 0 Å². The first-order chi connectivity index (χ1) is 7.63. The molecular weight excluding hydrogens is 196 g/mol. The summed E-state index contributed by atoms with van der Waals surface area (Å²) in [5.41, 5.74) is 2.30. The van der Waals surface area contributed by atoms with Crippen molar-refractivity contribution in [2.24, 2.45) is 11.8 Å². The molecule has 0 amide bonds. The van der Waals surface area contributed by atoms with Gasteiger partial charge in [-0.15, -0.1) is 0 Å². The molecule has 0 radical (unpaired) electrons. The molecule has 0 aromatic carbocycles. The molecule has 1 nitrogen and oxygen atoms in total. The van der Waals surface area contributed by atoms with E-state index in [-0.39, 0.29) is 0 Å². The Morgan fingerprint density at radius 3 is 2.94 bits per heavy atom. The van der Waals surface area contributed by atoms with Crippen LogP contribution >= 0.6 is 0 Å². The van der Waals surface area contributed by atoms with Crippen molar-refractivity contribution in [2.75, 3.05) is 0 Å². The maximum atomic E-state index is 10.4. The van der Waals surface area contributed by atoms with Crippen molar-refractivity contribution in [3.63, 3.8) is 0 Å². The van der Waals surface area contributed by atoms with Crippen molar-refractivity contribution >= 4 is 6.29 Å². The molecule has 0 bridgehead atoms. The predicted octanol–water partition coefficient (Wildman–Crippen LogP) is 4.07. The second-order valence-electron chi connectivity index (χ2n) is 4.82. The van der Waals surface area contributed by atoms with Gasteiger partial charge in [-0.05, 0) is 49.2 Å². The molecule has 0 aromatic rings. The molecule has 2 atom stereocenters. The Hall–Kier alpha value is -1.11. The lowest BCUT2D eigenvalue weighted by atomic mass is 9.89. The van der Waals surface area contributed by atoms with Crippen LogP contribution in [0.2, 0.25) is 0 Å². The predicted molar refractivity (Wildman–Crippen MR) is 69.2 cm³/mol. The Morgan fingerprint density at radius 1 is 1.62 bits per heavy atom. The second-order valence-corrected chi connectivity index (χ2v) is 4.82. The number of rotatable bonds is 5. The molecule has 1 aliphatic rings. The van der Waals surface area contributed by atoms with Gasteiger partial charge in [0.25, 0.3) is 0 Å². The van der Waals surface area contributed by atoms with E-state index in [0.717, 1.165) is 24.7 Å². The number of hydrogen-bond acceptors (Lipinski definition) is 1. The number of carbonyl (C=O) groups is 1. The summed E-state index contributed by atoms with van der Waals surface area (Å²) in [6.45, 7) is 6.36. The summed E-state index contributed by atoms with van der Waals surface area (Å²) in [5.74, 6) is 1.28. The third-order valence-corrected chi connectivity index (χ3v) is 3.16. The zero-order valence-corrected chi connectivity index (χ0v) is 10.6. The Kier molecular flexibility index (Phi) is 5.24. The van der Waals surface area contributed by atoms with E-state index < -0.39 is 0 Å². The number of aldehydes is 1. The summed E-state index contributed by atoms with van der Waals surface area (Å²) >= 11 is 0.